The second kappa shape index (κ2) is 8.19. The number of halogens is 1. The number of ether oxygens (including phenoxy) is 1. The summed E-state index contributed by atoms with van der Waals surface area (Å²) in [6, 6.07) is 11.0. The zero-order chi connectivity index (χ0) is 19.4. The molecule has 1 amide bonds. The van der Waals surface area contributed by atoms with Crippen molar-refractivity contribution in [3.05, 3.63) is 58.9 Å². The molecule has 0 radical (unpaired) electrons. The number of carbonyl (C=O) groups excluding carboxylic acids is 1. The van der Waals surface area contributed by atoms with Crippen molar-refractivity contribution in [3.63, 3.8) is 0 Å². The number of hydrogen-bond acceptors (Lipinski definition) is 4. The van der Waals surface area contributed by atoms with Crippen molar-refractivity contribution in [2.75, 3.05) is 18.5 Å². The average molecular weight is 386 g/mol. The van der Waals surface area contributed by atoms with Crippen LogP contribution in [0.25, 0.3) is 0 Å². The molecule has 3 rings (SSSR count). The lowest BCUT2D eigenvalue weighted by Gasteiger charge is -2.33. The van der Waals surface area contributed by atoms with E-state index in [1.54, 1.807) is 12.1 Å². The molecule has 1 aromatic heterocycles. The van der Waals surface area contributed by atoms with Crippen molar-refractivity contribution >= 4 is 28.9 Å². The van der Waals surface area contributed by atoms with Crippen molar-refractivity contribution in [2.45, 2.75) is 32.7 Å². The van der Waals surface area contributed by atoms with E-state index in [1.807, 2.05) is 24.3 Å². The first-order valence-corrected chi connectivity index (χ1v) is 9.49. The van der Waals surface area contributed by atoms with Gasteiger partial charge in [-0.2, -0.15) is 0 Å². The first-order valence-electron chi connectivity index (χ1n) is 9.11. The number of hydrogen-bond donors (Lipinski definition) is 1. The number of rotatable bonds is 5. The van der Waals surface area contributed by atoms with E-state index in [0.717, 1.165) is 17.7 Å². The lowest BCUT2D eigenvalue weighted by Crippen LogP contribution is -2.36. The summed E-state index contributed by atoms with van der Waals surface area (Å²) in [5.41, 5.74) is 2.64. The zero-order valence-corrected chi connectivity index (χ0v) is 16.6. The molecular weight excluding hydrogens is 362 g/mol. The number of benzene rings is 1. The molecule has 2 aromatic rings. The minimum absolute atomic E-state index is 0.280. The van der Waals surface area contributed by atoms with Gasteiger partial charge in [0.2, 0.25) is 0 Å². The predicted molar refractivity (Wildman–Crippen MR) is 109 cm³/mol. The van der Waals surface area contributed by atoms with Gasteiger partial charge in [0, 0.05) is 17.6 Å². The molecule has 1 aliphatic heterocycles. The molecule has 0 aliphatic carbocycles. The van der Waals surface area contributed by atoms with Gasteiger partial charge in [-0.1, -0.05) is 37.6 Å². The molecule has 5 nitrogen and oxygen atoms in total. The normalized spacial score (nSPS) is 20.7. The number of nitrogens with one attached hydrogen (secondary N) is 1. The van der Waals surface area contributed by atoms with Crippen LogP contribution in [-0.2, 0) is 10.3 Å². The molecule has 6 heteroatoms. The Morgan fingerprint density at radius 1 is 1.37 bits per heavy atom. The van der Waals surface area contributed by atoms with Crippen LogP contribution in [-0.4, -0.2) is 29.8 Å². The van der Waals surface area contributed by atoms with E-state index in [-0.39, 0.29) is 5.91 Å². The van der Waals surface area contributed by atoms with Crippen LogP contribution in [0.3, 0.4) is 0 Å². The SMILES string of the molecule is CCC(C)C1=NC(C)(c2cccc(NC(=O)c3ccc(Cl)cn3)c2)COC1. The molecule has 1 aromatic carbocycles. The molecule has 2 heterocycles. The van der Waals surface area contributed by atoms with Crippen molar-refractivity contribution < 1.29 is 9.53 Å². The van der Waals surface area contributed by atoms with Gasteiger partial charge in [-0.15, -0.1) is 0 Å². The van der Waals surface area contributed by atoms with Gasteiger partial charge in [0.1, 0.15) is 11.2 Å². The number of carbonyl (C=O) groups is 1. The Labute approximate surface area is 164 Å². The minimum atomic E-state index is -0.462. The highest BCUT2D eigenvalue weighted by molar-refractivity contribution is 6.30. The molecule has 1 N–H and O–H groups in total. The van der Waals surface area contributed by atoms with E-state index < -0.39 is 5.54 Å². The molecule has 2 atom stereocenters. The van der Waals surface area contributed by atoms with Crippen LogP contribution in [0.4, 0.5) is 5.69 Å². The van der Waals surface area contributed by atoms with E-state index in [2.05, 4.69) is 31.1 Å². The van der Waals surface area contributed by atoms with Gasteiger partial charge in [0.25, 0.3) is 5.91 Å². The Kier molecular flexibility index (Phi) is 5.92. The third-order valence-corrected chi connectivity index (χ3v) is 5.13. The minimum Gasteiger partial charge on any atom is -0.373 e. The second-order valence-corrected chi connectivity index (χ2v) is 7.51. The lowest BCUT2D eigenvalue weighted by atomic mass is 9.90. The average Bonchev–Trinajstić information content (AvgIpc) is 2.68. The highest BCUT2D eigenvalue weighted by Crippen LogP contribution is 2.31. The molecule has 0 saturated carbocycles. The topological polar surface area (TPSA) is 63.6 Å². The second-order valence-electron chi connectivity index (χ2n) is 7.08. The Morgan fingerprint density at radius 3 is 2.89 bits per heavy atom. The van der Waals surface area contributed by atoms with Crippen LogP contribution < -0.4 is 5.32 Å². The van der Waals surface area contributed by atoms with Crippen molar-refractivity contribution in [2.24, 2.45) is 10.9 Å². The summed E-state index contributed by atoms with van der Waals surface area (Å²) in [7, 11) is 0. The molecule has 0 spiro atoms. The van der Waals surface area contributed by atoms with Crippen LogP contribution in [0.2, 0.25) is 5.02 Å². The summed E-state index contributed by atoms with van der Waals surface area (Å²) in [6.45, 7) is 7.49. The van der Waals surface area contributed by atoms with E-state index in [4.69, 9.17) is 21.3 Å². The van der Waals surface area contributed by atoms with Crippen LogP contribution in [0, 0.1) is 5.92 Å². The lowest BCUT2D eigenvalue weighted by molar-refractivity contribution is 0.102. The third kappa shape index (κ3) is 4.54. The molecule has 0 bridgehead atoms. The smallest absolute Gasteiger partial charge is 0.274 e. The summed E-state index contributed by atoms with van der Waals surface area (Å²) in [4.78, 5) is 21.5. The summed E-state index contributed by atoms with van der Waals surface area (Å²) in [5, 5.41) is 3.38. The van der Waals surface area contributed by atoms with E-state index in [9.17, 15) is 4.79 Å². The van der Waals surface area contributed by atoms with E-state index >= 15 is 0 Å². The summed E-state index contributed by atoms with van der Waals surface area (Å²) >= 11 is 5.82. The van der Waals surface area contributed by atoms with Crippen LogP contribution in [0.5, 0.6) is 0 Å². The molecule has 0 saturated heterocycles. The largest absolute Gasteiger partial charge is 0.373 e. The molecule has 27 heavy (non-hydrogen) atoms. The van der Waals surface area contributed by atoms with Crippen LogP contribution >= 0.6 is 11.6 Å². The first kappa shape index (κ1) is 19.5. The van der Waals surface area contributed by atoms with E-state index in [0.29, 0.717) is 35.5 Å². The van der Waals surface area contributed by atoms with Gasteiger partial charge in [0.15, 0.2) is 0 Å². The van der Waals surface area contributed by atoms with Gasteiger partial charge in [0.05, 0.1) is 18.2 Å². The first-order chi connectivity index (χ1) is 12.9. The Bertz CT molecular complexity index is 851. The molecule has 1 aliphatic rings. The fraction of sp³-hybridized carbons (Fsp3) is 0.381. The molecule has 142 valence electrons. The Morgan fingerprint density at radius 2 is 2.19 bits per heavy atom. The van der Waals surface area contributed by atoms with Crippen LogP contribution in [0.15, 0.2) is 47.6 Å². The molecule has 0 fully saturated rings. The van der Waals surface area contributed by atoms with Gasteiger partial charge in [-0.25, -0.2) is 4.98 Å². The number of nitrogens with zero attached hydrogens (tertiary/aromatic N) is 2. The maximum Gasteiger partial charge on any atom is 0.274 e. The fourth-order valence-corrected chi connectivity index (χ4v) is 3.12. The molecular formula is C21H24ClN3O2. The Balaban J connectivity index is 1.82. The summed E-state index contributed by atoms with van der Waals surface area (Å²) in [6.07, 6.45) is 2.49. The predicted octanol–water partition coefficient (Wildman–Crippen LogP) is 4.72. The quantitative estimate of drug-likeness (QED) is 0.809. The molecule has 2 unspecified atom stereocenters. The van der Waals surface area contributed by atoms with Crippen LogP contribution in [0.1, 0.15) is 43.2 Å². The zero-order valence-electron chi connectivity index (χ0n) is 15.8. The van der Waals surface area contributed by atoms with Gasteiger partial charge >= 0.3 is 0 Å². The highest BCUT2D eigenvalue weighted by Gasteiger charge is 2.31. The maximum atomic E-state index is 12.4. The van der Waals surface area contributed by atoms with Gasteiger partial charge in [-0.05, 0) is 49.1 Å². The number of amides is 1. The fourth-order valence-electron chi connectivity index (χ4n) is 3.01. The van der Waals surface area contributed by atoms with Crippen molar-refractivity contribution in [1.82, 2.24) is 4.98 Å². The standard InChI is InChI=1S/C21H24ClN3O2/c1-4-14(2)19-12-27-13-21(3,25-19)15-6-5-7-17(10-15)24-20(26)18-9-8-16(22)11-23-18/h5-11,14H,4,12-13H2,1-3H3,(H,24,26). The number of anilines is 1. The van der Waals surface area contributed by atoms with Crippen molar-refractivity contribution in [1.29, 1.82) is 0 Å². The number of pyridine rings is 1. The van der Waals surface area contributed by atoms with E-state index in [1.165, 1.54) is 6.20 Å². The Hall–Kier alpha value is -2.24. The summed E-state index contributed by atoms with van der Waals surface area (Å²) < 4.78 is 5.84. The number of aromatic nitrogens is 1. The third-order valence-electron chi connectivity index (χ3n) is 4.91. The monoisotopic (exact) mass is 385 g/mol. The highest BCUT2D eigenvalue weighted by atomic mass is 35.5. The van der Waals surface area contributed by atoms with Crippen molar-refractivity contribution in [3.8, 4) is 0 Å². The maximum absolute atomic E-state index is 12.4. The van der Waals surface area contributed by atoms with Gasteiger partial charge < -0.3 is 10.1 Å². The summed E-state index contributed by atoms with van der Waals surface area (Å²) in [5.74, 6) is 0.112. The number of aliphatic imine (C=N–C) groups is 1. The van der Waals surface area contributed by atoms with Gasteiger partial charge in [-0.3, -0.25) is 9.79 Å².